The van der Waals surface area contributed by atoms with E-state index in [1.54, 1.807) is 13.8 Å². The van der Waals surface area contributed by atoms with Crippen molar-refractivity contribution in [1.29, 1.82) is 0 Å². The fourth-order valence-electron chi connectivity index (χ4n) is 4.90. The van der Waals surface area contributed by atoms with E-state index in [9.17, 15) is 19.2 Å². The summed E-state index contributed by atoms with van der Waals surface area (Å²) in [4.78, 5) is 47.5. The maximum absolute atomic E-state index is 12.1. The van der Waals surface area contributed by atoms with Gasteiger partial charge in [-0.1, -0.05) is 0 Å². The fraction of sp³-hybridized carbons (Fsp3) is 0.826. The molecule has 0 aromatic heterocycles. The molecule has 4 saturated heterocycles. The normalized spacial score (nSPS) is 39.8. The molecule has 4 heterocycles. The number of carbonyl (C=O) groups is 4. The molecule has 14 nitrogen and oxygen atoms in total. The van der Waals surface area contributed by atoms with Gasteiger partial charge in [0.2, 0.25) is 0 Å². The van der Waals surface area contributed by atoms with Crippen LogP contribution in [-0.2, 0) is 66.5 Å². The summed E-state index contributed by atoms with van der Waals surface area (Å²) in [7, 11) is 0. The summed E-state index contributed by atoms with van der Waals surface area (Å²) in [6.07, 6.45) is -9.79. The Bertz CT molecular complexity index is 904. The van der Waals surface area contributed by atoms with E-state index in [0.29, 0.717) is 0 Å². The first-order valence-corrected chi connectivity index (χ1v) is 11.9. The lowest BCUT2D eigenvalue weighted by molar-refractivity contribution is -0.335. The van der Waals surface area contributed by atoms with Gasteiger partial charge in [0.25, 0.3) is 0 Å². The van der Waals surface area contributed by atoms with Crippen LogP contribution in [0.3, 0.4) is 0 Å². The lowest BCUT2D eigenvalue weighted by Crippen LogP contribution is -2.65. The van der Waals surface area contributed by atoms with Crippen molar-refractivity contribution in [3.63, 3.8) is 0 Å². The Balaban J connectivity index is 1.66. The number of esters is 4. The van der Waals surface area contributed by atoms with E-state index < -0.39 is 91.1 Å². The molecule has 0 amide bonds. The topological polar surface area (TPSA) is 161 Å². The summed E-state index contributed by atoms with van der Waals surface area (Å²) < 4.78 is 57.4. The molecule has 14 heteroatoms. The summed E-state index contributed by atoms with van der Waals surface area (Å²) in [5, 5.41) is 0. The van der Waals surface area contributed by atoms with Crippen molar-refractivity contribution in [2.45, 2.75) is 109 Å². The average molecular weight is 532 g/mol. The molecule has 0 aromatic rings. The van der Waals surface area contributed by atoms with Crippen molar-refractivity contribution in [3.8, 4) is 0 Å². The van der Waals surface area contributed by atoms with Crippen LogP contribution >= 0.6 is 0 Å². The molecule has 0 saturated carbocycles. The molecule has 0 aliphatic carbocycles. The van der Waals surface area contributed by atoms with Gasteiger partial charge in [-0.3, -0.25) is 19.2 Å². The molecule has 0 N–H and O–H groups in total. The molecule has 0 spiro atoms. The van der Waals surface area contributed by atoms with Crippen LogP contribution in [0.1, 0.15) is 41.5 Å². The Kier molecular flexibility index (Phi) is 8.07. The SMILES string of the molecule is CC(=O)OC[C@H]1O[C@@H](O[C@H]2[C@H]3OC(C)(C)O[C@@H]3[C@H]3OC[C@@H]2O3)[C@@H](OC(C)=O)[C@@H](OC(C)=O)[C@H]1OC(C)=O. The van der Waals surface area contributed by atoms with E-state index in [0.717, 1.165) is 20.8 Å². The van der Waals surface area contributed by atoms with E-state index in [2.05, 4.69) is 0 Å². The maximum Gasteiger partial charge on any atom is 0.303 e. The van der Waals surface area contributed by atoms with Gasteiger partial charge in [0.05, 0.1) is 6.61 Å². The summed E-state index contributed by atoms with van der Waals surface area (Å²) >= 11 is 0. The quantitative estimate of drug-likeness (QED) is 0.311. The number of rotatable bonds is 7. The Morgan fingerprint density at radius 3 is 1.97 bits per heavy atom. The smallest absolute Gasteiger partial charge is 0.303 e. The molecular formula is C23H32O14. The highest BCUT2D eigenvalue weighted by Crippen LogP contribution is 2.43. The molecule has 10 atom stereocenters. The van der Waals surface area contributed by atoms with Gasteiger partial charge in [-0.25, -0.2) is 0 Å². The van der Waals surface area contributed by atoms with Crippen molar-refractivity contribution in [2.75, 3.05) is 13.2 Å². The van der Waals surface area contributed by atoms with Crippen LogP contribution in [0.4, 0.5) is 0 Å². The largest absolute Gasteiger partial charge is 0.463 e. The Labute approximate surface area is 213 Å². The average Bonchev–Trinajstić information content (AvgIpc) is 3.35. The van der Waals surface area contributed by atoms with E-state index in [1.165, 1.54) is 6.92 Å². The highest BCUT2D eigenvalue weighted by Gasteiger charge is 2.61. The fourth-order valence-corrected chi connectivity index (χ4v) is 4.90. The molecule has 4 fully saturated rings. The maximum atomic E-state index is 12.1. The predicted octanol–water partition coefficient (Wildman–Crippen LogP) is -0.270. The number of carbonyl (C=O) groups excluding carboxylic acids is 4. The lowest BCUT2D eigenvalue weighted by atomic mass is 9.97. The minimum atomic E-state index is -1.38. The standard InChI is InChI=1S/C23H32O14/c1-9(24)28-7-13-15(30-10(2)25)17(31-11(3)26)19(32-12(4)27)22(34-13)35-16-14-8-29-21(33-14)20-18(16)36-23(5,6)37-20/h13-22H,7-8H2,1-6H3/t13-,14+,15+,16-,17+,18-,19+,20+,21+,22+/m1/s1. The number of hydrogen-bond donors (Lipinski definition) is 0. The van der Waals surface area contributed by atoms with Crippen molar-refractivity contribution in [2.24, 2.45) is 0 Å². The molecule has 4 rings (SSSR count). The van der Waals surface area contributed by atoms with Gasteiger partial charge in [-0.05, 0) is 13.8 Å². The predicted molar refractivity (Wildman–Crippen MR) is 115 cm³/mol. The van der Waals surface area contributed by atoms with Gasteiger partial charge >= 0.3 is 23.9 Å². The van der Waals surface area contributed by atoms with Gasteiger partial charge in [0.15, 0.2) is 36.7 Å². The summed E-state index contributed by atoms with van der Waals surface area (Å²) in [6, 6.07) is 0. The molecule has 208 valence electrons. The Morgan fingerprint density at radius 1 is 0.757 bits per heavy atom. The van der Waals surface area contributed by atoms with Crippen LogP contribution in [0.2, 0.25) is 0 Å². The highest BCUT2D eigenvalue weighted by molar-refractivity contribution is 5.68. The first kappa shape index (κ1) is 27.7. The molecule has 2 bridgehead atoms. The van der Waals surface area contributed by atoms with E-state index in [4.69, 9.17) is 47.4 Å². The lowest BCUT2D eigenvalue weighted by Gasteiger charge is -2.46. The van der Waals surface area contributed by atoms with Crippen molar-refractivity contribution in [1.82, 2.24) is 0 Å². The third-order valence-corrected chi connectivity index (χ3v) is 6.10. The van der Waals surface area contributed by atoms with E-state index >= 15 is 0 Å². The first-order chi connectivity index (χ1) is 17.3. The van der Waals surface area contributed by atoms with Crippen LogP contribution in [-0.4, -0.2) is 104 Å². The first-order valence-electron chi connectivity index (χ1n) is 11.9. The van der Waals surface area contributed by atoms with Crippen molar-refractivity contribution >= 4 is 23.9 Å². The van der Waals surface area contributed by atoms with Crippen LogP contribution in [0.15, 0.2) is 0 Å². The van der Waals surface area contributed by atoms with Crippen LogP contribution in [0.5, 0.6) is 0 Å². The third kappa shape index (κ3) is 6.21. The second-order valence-corrected chi connectivity index (χ2v) is 9.61. The summed E-state index contributed by atoms with van der Waals surface area (Å²) in [6.45, 7) is 7.93. The summed E-state index contributed by atoms with van der Waals surface area (Å²) in [5.74, 6) is -3.77. The van der Waals surface area contributed by atoms with Crippen LogP contribution in [0.25, 0.3) is 0 Å². The molecule has 4 aliphatic rings. The molecule has 0 unspecified atom stereocenters. The number of ether oxygens (including phenoxy) is 10. The zero-order valence-electron chi connectivity index (χ0n) is 21.4. The molecular weight excluding hydrogens is 500 g/mol. The Morgan fingerprint density at radius 2 is 1.35 bits per heavy atom. The van der Waals surface area contributed by atoms with Crippen LogP contribution in [0, 0.1) is 0 Å². The minimum absolute atomic E-state index is 0.181. The van der Waals surface area contributed by atoms with Gasteiger partial charge < -0.3 is 47.4 Å². The second-order valence-electron chi connectivity index (χ2n) is 9.61. The molecule has 0 aromatic carbocycles. The van der Waals surface area contributed by atoms with Gasteiger partial charge in [-0.15, -0.1) is 0 Å². The van der Waals surface area contributed by atoms with Gasteiger partial charge in [0.1, 0.15) is 37.1 Å². The Hall–Kier alpha value is -2.36. The minimum Gasteiger partial charge on any atom is -0.463 e. The third-order valence-electron chi connectivity index (χ3n) is 6.10. The van der Waals surface area contributed by atoms with Crippen LogP contribution < -0.4 is 0 Å². The highest BCUT2D eigenvalue weighted by atomic mass is 16.8. The van der Waals surface area contributed by atoms with E-state index in [1.807, 2.05) is 0 Å². The molecule has 0 radical (unpaired) electrons. The second kappa shape index (κ2) is 10.8. The van der Waals surface area contributed by atoms with E-state index in [-0.39, 0.29) is 13.2 Å². The monoisotopic (exact) mass is 532 g/mol. The zero-order chi connectivity index (χ0) is 27.1. The molecule has 4 aliphatic heterocycles. The van der Waals surface area contributed by atoms with Crippen molar-refractivity contribution < 1.29 is 66.5 Å². The van der Waals surface area contributed by atoms with Gasteiger partial charge in [-0.2, -0.15) is 0 Å². The zero-order valence-corrected chi connectivity index (χ0v) is 21.4. The van der Waals surface area contributed by atoms with Gasteiger partial charge in [0, 0.05) is 27.7 Å². The molecule has 37 heavy (non-hydrogen) atoms. The van der Waals surface area contributed by atoms with Crippen molar-refractivity contribution in [3.05, 3.63) is 0 Å². The number of fused-ring (bicyclic) bond motifs is 4. The summed E-state index contributed by atoms with van der Waals surface area (Å²) in [5.41, 5.74) is 0. The number of hydrogen-bond acceptors (Lipinski definition) is 14.